The first kappa shape index (κ1) is 23.1. The molecule has 0 aliphatic carbocycles. The van der Waals surface area contributed by atoms with E-state index in [4.69, 9.17) is 4.74 Å². The van der Waals surface area contributed by atoms with E-state index in [9.17, 15) is 26.7 Å². The molecular weight excluding hydrogens is 432 g/mol. The van der Waals surface area contributed by atoms with Crippen molar-refractivity contribution in [2.24, 2.45) is 0 Å². The Morgan fingerprint density at radius 2 is 2.00 bits per heavy atom. The highest BCUT2D eigenvalue weighted by atomic mass is 32.2. The van der Waals surface area contributed by atoms with E-state index in [0.29, 0.717) is 31.7 Å². The van der Waals surface area contributed by atoms with E-state index in [-0.39, 0.29) is 34.9 Å². The molecule has 2 aliphatic heterocycles. The van der Waals surface area contributed by atoms with Gasteiger partial charge in [0.1, 0.15) is 0 Å². The molecule has 0 unspecified atom stereocenters. The summed E-state index contributed by atoms with van der Waals surface area (Å²) in [6, 6.07) is 3.34. The molecule has 0 aromatic heterocycles. The zero-order valence-electron chi connectivity index (χ0n) is 17.0. The molecular formula is C19H28N2O7S2. The highest BCUT2D eigenvalue weighted by Gasteiger charge is 2.39. The Kier molecular flexibility index (Phi) is 7.18. The fraction of sp³-hybridized carbons (Fsp3) is 0.632. The zero-order chi connectivity index (χ0) is 21.9. The average Bonchev–Trinajstić information content (AvgIpc) is 3.05. The van der Waals surface area contributed by atoms with Crippen molar-refractivity contribution in [3.05, 3.63) is 29.3 Å². The lowest BCUT2D eigenvalue weighted by molar-refractivity contribution is 0.0367. The van der Waals surface area contributed by atoms with E-state index in [1.165, 1.54) is 16.4 Å². The zero-order valence-corrected chi connectivity index (χ0v) is 18.6. The summed E-state index contributed by atoms with van der Waals surface area (Å²) in [7, 11) is -7.35. The number of benzene rings is 1. The minimum atomic E-state index is -4.06. The van der Waals surface area contributed by atoms with Gasteiger partial charge in [-0.1, -0.05) is 6.07 Å². The molecule has 2 aliphatic rings. The summed E-state index contributed by atoms with van der Waals surface area (Å²) < 4.78 is 57.7. The number of sulfone groups is 1. The van der Waals surface area contributed by atoms with Gasteiger partial charge in [0, 0.05) is 25.7 Å². The number of carboxylic acids is 1. The second-order valence-corrected chi connectivity index (χ2v) is 11.9. The Balaban J connectivity index is 1.86. The summed E-state index contributed by atoms with van der Waals surface area (Å²) in [5.41, 5.74) is 0.311. The largest absolute Gasteiger partial charge is 0.478 e. The van der Waals surface area contributed by atoms with Crippen molar-refractivity contribution in [1.29, 1.82) is 0 Å². The minimum absolute atomic E-state index is 0.0404. The van der Waals surface area contributed by atoms with Gasteiger partial charge >= 0.3 is 5.97 Å². The Hall–Kier alpha value is -1.53. The van der Waals surface area contributed by atoms with Gasteiger partial charge in [0.2, 0.25) is 10.0 Å². The molecule has 0 spiro atoms. The van der Waals surface area contributed by atoms with Crippen molar-refractivity contribution in [2.45, 2.75) is 30.7 Å². The van der Waals surface area contributed by atoms with Crippen LogP contribution >= 0.6 is 0 Å². The molecule has 1 aromatic carbocycles. The second-order valence-electron chi connectivity index (χ2n) is 7.77. The fourth-order valence-electron chi connectivity index (χ4n) is 3.91. The Morgan fingerprint density at radius 1 is 1.30 bits per heavy atom. The summed E-state index contributed by atoms with van der Waals surface area (Å²) in [5, 5.41) is 9.27. The number of aromatic carboxylic acids is 1. The summed E-state index contributed by atoms with van der Waals surface area (Å²) >= 11 is 0. The SMILES string of the molecule is Cc1ccc(C(=O)O)cc1S(=O)(=O)N(CCCN1CCOCC1)[C@H]1CCS(=O)(=O)C1. The summed E-state index contributed by atoms with van der Waals surface area (Å²) in [6.45, 7) is 5.32. The molecule has 11 heteroatoms. The number of morpholine rings is 1. The van der Waals surface area contributed by atoms with E-state index < -0.39 is 31.9 Å². The standard InChI is InChI=1S/C19H28N2O7S2/c1-15-3-4-16(19(22)23)13-18(15)30(26,27)21(17-5-12-29(24,25)14-17)7-2-6-20-8-10-28-11-9-20/h3-4,13,17H,2,5-12,14H2,1H3,(H,22,23)/t17-/m0/s1. The van der Waals surface area contributed by atoms with Crippen LogP contribution in [-0.2, 0) is 24.6 Å². The molecule has 0 radical (unpaired) electrons. The van der Waals surface area contributed by atoms with Crippen molar-refractivity contribution in [2.75, 3.05) is 50.9 Å². The lowest BCUT2D eigenvalue weighted by Gasteiger charge is -2.30. The van der Waals surface area contributed by atoms with Crippen molar-refractivity contribution in [3.8, 4) is 0 Å². The molecule has 168 valence electrons. The number of carbonyl (C=O) groups is 1. The monoisotopic (exact) mass is 460 g/mol. The lowest BCUT2D eigenvalue weighted by Crippen LogP contribution is -2.43. The van der Waals surface area contributed by atoms with E-state index in [1.54, 1.807) is 6.92 Å². The van der Waals surface area contributed by atoms with Crippen LogP contribution in [0, 0.1) is 6.92 Å². The van der Waals surface area contributed by atoms with Crippen LogP contribution in [0.1, 0.15) is 28.8 Å². The van der Waals surface area contributed by atoms with Gasteiger partial charge in [-0.05, 0) is 44.0 Å². The maximum absolute atomic E-state index is 13.5. The number of sulfonamides is 1. The molecule has 1 N–H and O–H groups in total. The minimum Gasteiger partial charge on any atom is -0.478 e. The maximum atomic E-state index is 13.5. The van der Waals surface area contributed by atoms with Gasteiger partial charge in [0.25, 0.3) is 0 Å². The van der Waals surface area contributed by atoms with Crippen molar-refractivity contribution in [1.82, 2.24) is 9.21 Å². The topological polar surface area (TPSA) is 121 Å². The molecule has 0 saturated carbocycles. The third-order valence-corrected chi connectivity index (χ3v) is 9.44. The Bertz CT molecular complexity index is 986. The predicted octanol–water partition coefficient (Wildman–Crippen LogP) is 0.593. The van der Waals surface area contributed by atoms with Gasteiger partial charge in [-0.3, -0.25) is 4.90 Å². The molecule has 1 atom stereocenters. The quantitative estimate of drug-likeness (QED) is 0.598. The van der Waals surface area contributed by atoms with Gasteiger partial charge < -0.3 is 9.84 Å². The van der Waals surface area contributed by atoms with Crippen LogP contribution in [0.3, 0.4) is 0 Å². The van der Waals surface area contributed by atoms with E-state index in [2.05, 4.69) is 4.90 Å². The molecule has 9 nitrogen and oxygen atoms in total. The number of ether oxygens (including phenoxy) is 1. The molecule has 0 bridgehead atoms. The van der Waals surface area contributed by atoms with Crippen molar-refractivity contribution >= 4 is 25.8 Å². The predicted molar refractivity (Wildman–Crippen MR) is 111 cm³/mol. The van der Waals surface area contributed by atoms with Gasteiger partial charge in [0.05, 0.1) is 35.2 Å². The lowest BCUT2D eigenvalue weighted by atomic mass is 10.1. The Labute approximate surface area is 177 Å². The summed E-state index contributed by atoms with van der Waals surface area (Å²) in [5.74, 6) is -1.46. The normalized spacial score (nSPS) is 22.4. The molecule has 30 heavy (non-hydrogen) atoms. The van der Waals surface area contributed by atoms with Gasteiger partial charge in [0.15, 0.2) is 9.84 Å². The van der Waals surface area contributed by atoms with Crippen LogP contribution in [0.15, 0.2) is 23.1 Å². The number of carboxylic acid groups (broad SMARTS) is 1. The first-order valence-electron chi connectivity index (χ1n) is 9.96. The summed E-state index contributed by atoms with van der Waals surface area (Å²) in [6.07, 6.45) is 0.796. The van der Waals surface area contributed by atoms with Crippen molar-refractivity contribution in [3.63, 3.8) is 0 Å². The summed E-state index contributed by atoms with van der Waals surface area (Å²) in [4.78, 5) is 13.5. The van der Waals surface area contributed by atoms with E-state index in [0.717, 1.165) is 19.2 Å². The smallest absolute Gasteiger partial charge is 0.335 e. The van der Waals surface area contributed by atoms with Crippen LogP contribution in [-0.4, -0.2) is 94.1 Å². The maximum Gasteiger partial charge on any atom is 0.335 e. The molecule has 0 amide bonds. The molecule has 2 saturated heterocycles. The molecule has 2 heterocycles. The third kappa shape index (κ3) is 5.38. The first-order chi connectivity index (χ1) is 14.1. The molecule has 3 rings (SSSR count). The highest BCUT2D eigenvalue weighted by molar-refractivity contribution is 7.92. The number of hydrogen-bond donors (Lipinski definition) is 1. The van der Waals surface area contributed by atoms with Crippen LogP contribution in [0.5, 0.6) is 0 Å². The number of hydrogen-bond acceptors (Lipinski definition) is 7. The van der Waals surface area contributed by atoms with Gasteiger partial charge in [-0.2, -0.15) is 4.31 Å². The average molecular weight is 461 g/mol. The molecule has 2 fully saturated rings. The van der Waals surface area contributed by atoms with E-state index >= 15 is 0 Å². The van der Waals surface area contributed by atoms with Crippen LogP contribution in [0.2, 0.25) is 0 Å². The van der Waals surface area contributed by atoms with Crippen LogP contribution < -0.4 is 0 Å². The van der Waals surface area contributed by atoms with E-state index in [1.807, 2.05) is 0 Å². The number of aryl methyl sites for hydroxylation is 1. The molecule has 1 aromatic rings. The number of rotatable bonds is 8. The highest BCUT2D eigenvalue weighted by Crippen LogP contribution is 2.28. The Morgan fingerprint density at radius 3 is 2.60 bits per heavy atom. The number of nitrogens with zero attached hydrogens (tertiary/aromatic N) is 2. The fourth-order valence-corrected chi connectivity index (χ4v) is 7.68. The second kappa shape index (κ2) is 9.31. The van der Waals surface area contributed by atoms with Gasteiger partial charge in [-0.15, -0.1) is 0 Å². The van der Waals surface area contributed by atoms with Crippen LogP contribution in [0.25, 0.3) is 0 Å². The first-order valence-corrected chi connectivity index (χ1v) is 13.2. The van der Waals surface area contributed by atoms with Crippen LogP contribution in [0.4, 0.5) is 0 Å². The third-order valence-electron chi connectivity index (χ3n) is 5.59. The van der Waals surface area contributed by atoms with Gasteiger partial charge in [-0.25, -0.2) is 21.6 Å². The van der Waals surface area contributed by atoms with Crippen molar-refractivity contribution < 1.29 is 31.5 Å².